The van der Waals surface area contributed by atoms with E-state index in [2.05, 4.69) is 18.3 Å². The molecule has 1 aliphatic heterocycles. The van der Waals surface area contributed by atoms with E-state index in [9.17, 15) is 4.79 Å². The Morgan fingerprint density at radius 1 is 1.53 bits per heavy atom. The summed E-state index contributed by atoms with van der Waals surface area (Å²) < 4.78 is 5.79. The molecule has 4 heteroatoms. The molecule has 0 unspecified atom stereocenters. The van der Waals surface area contributed by atoms with Gasteiger partial charge in [0.05, 0.1) is 6.54 Å². The van der Waals surface area contributed by atoms with E-state index in [4.69, 9.17) is 4.74 Å². The quantitative estimate of drug-likeness (QED) is 0.905. The number of hydrogen-bond acceptors (Lipinski definition) is 2. The van der Waals surface area contributed by atoms with Crippen LogP contribution >= 0.6 is 0 Å². The van der Waals surface area contributed by atoms with Crippen molar-refractivity contribution >= 4 is 6.03 Å². The van der Waals surface area contributed by atoms with Crippen LogP contribution in [0.5, 0.6) is 5.75 Å². The molecule has 1 aromatic rings. The topological polar surface area (TPSA) is 41.6 Å². The number of nitrogens with zero attached hydrogens (tertiary/aromatic N) is 1. The first-order chi connectivity index (χ1) is 9.11. The maximum absolute atomic E-state index is 11.9. The highest BCUT2D eigenvalue weighted by atomic mass is 16.5. The lowest BCUT2D eigenvalue weighted by Gasteiger charge is -2.24. The number of fused-ring (bicyclic) bond motifs is 1. The van der Waals surface area contributed by atoms with Gasteiger partial charge in [0.15, 0.2) is 0 Å². The van der Waals surface area contributed by atoms with Crippen LogP contribution in [0.15, 0.2) is 24.3 Å². The van der Waals surface area contributed by atoms with Gasteiger partial charge in [-0.05, 0) is 25.0 Å². The van der Waals surface area contributed by atoms with Crippen molar-refractivity contribution in [3.8, 4) is 5.75 Å². The second-order valence-corrected chi connectivity index (χ2v) is 5.11. The Kier molecular flexibility index (Phi) is 4.30. The predicted molar refractivity (Wildman–Crippen MR) is 75.5 cm³/mol. The molecule has 0 fully saturated rings. The molecule has 4 nitrogen and oxygen atoms in total. The van der Waals surface area contributed by atoms with Gasteiger partial charge in [-0.1, -0.05) is 25.1 Å². The lowest BCUT2D eigenvalue weighted by molar-refractivity contribution is 0.180. The third-order valence-corrected chi connectivity index (χ3v) is 3.77. The Morgan fingerprint density at radius 3 is 2.95 bits per heavy atom. The molecule has 0 saturated carbocycles. The van der Waals surface area contributed by atoms with Gasteiger partial charge in [0.2, 0.25) is 0 Å². The molecule has 1 heterocycles. The molecule has 1 aromatic carbocycles. The van der Waals surface area contributed by atoms with E-state index in [0.717, 1.165) is 18.6 Å². The largest absolute Gasteiger partial charge is 0.488 e. The summed E-state index contributed by atoms with van der Waals surface area (Å²) in [5, 5.41) is 2.94. The van der Waals surface area contributed by atoms with E-state index >= 15 is 0 Å². The number of carbonyl (C=O) groups excluding carboxylic acids is 1. The van der Waals surface area contributed by atoms with Crippen LogP contribution in [-0.4, -0.2) is 36.7 Å². The van der Waals surface area contributed by atoms with Crippen LogP contribution in [0.25, 0.3) is 0 Å². The lowest BCUT2D eigenvalue weighted by atomic mass is 10.1. The molecule has 0 saturated heterocycles. The average molecular weight is 262 g/mol. The molecule has 2 atom stereocenters. The smallest absolute Gasteiger partial charge is 0.317 e. The zero-order valence-corrected chi connectivity index (χ0v) is 11.8. The first-order valence-corrected chi connectivity index (χ1v) is 6.87. The number of carbonyl (C=O) groups is 1. The predicted octanol–water partition coefficient (Wildman–Crippen LogP) is 2.43. The molecule has 1 N–H and O–H groups in total. The van der Waals surface area contributed by atoms with Crippen LogP contribution in [0.4, 0.5) is 4.79 Å². The third-order valence-electron chi connectivity index (χ3n) is 3.77. The van der Waals surface area contributed by atoms with E-state index < -0.39 is 0 Å². The van der Waals surface area contributed by atoms with Crippen LogP contribution in [0.3, 0.4) is 0 Å². The molecule has 0 spiro atoms. The molecule has 2 amide bonds. The van der Waals surface area contributed by atoms with Gasteiger partial charge in [-0.2, -0.15) is 0 Å². The number of nitrogens with one attached hydrogen (secondary N) is 1. The van der Waals surface area contributed by atoms with Crippen molar-refractivity contribution in [3.63, 3.8) is 0 Å². The monoisotopic (exact) mass is 262 g/mol. The molecular weight excluding hydrogens is 240 g/mol. The van der Waals surface area contributed by atoms with Crippen molar-refractivity contribution < 1.29 is 9.53 Å². The van der Waals surface area contributed by atoms with E-state index in [1.165, 1.54) is 5.56 Å². The maximum Gasteiger partial charge on any atom is 0.317 e. The van der Waals surface area contributed by atoms with Crippen molar-refractivity contribution in [3.05, 3.63) is 29.8 Å². The van der Waals surface area contributed by atoms with Gasteiger partial charge >= 0.3 is 6.03 Å². The molecule has 1 aliphatic rings. The average Bonchev–Trinajstić information content (AvgIpc) is 2.85. The van der Waals surface area contributed by atoms with Crippen molar-refractivity contribution in [2.24, 2.45) is 0 Å². The van der Waals surface area contributed by atoms with Crippen molar-refractivity contribution in [2.45, 2.75) is 38.8 Å². The third kappa shape index (κ3) is 3.19. The highest BCUT2D eigenvalue weighted by molar-refractivity contribution is 5.74. The summed E-state index contributed by atoms with van der Waals surface area (Å²) in [5.74, 6) is 0.942. The first kappa shape index (κ1) is 13.7. The van der Waals surface area contributed by atoms with Crippen molar-refractivity contribution in [1.82, 2.24) is 10.2 Å². The molecule has 0 radical (unpaired) electrons. The zero-order chi connectivity index (χ0) is 13.8. The summed E-state index contributed by atoms with van der Waals surface area (Å²) in [6, 6.07) is 8.25. The van der Waals surface area contributed by atoms with Crippen LogP contribution in [-0.2, 0) is 6.42 Å². The van der Waals surface area contributed by atoms with E-state index in [0.29, 0.717) is 6.54 Å². The van der Waals surface area contributed by atoms with Gasteiger partial charge in [0.25, 0.3) is 0 Å². The highest BCUT2D eigenvalue weighted by Crippen LogP contribution is 2.27. The zero-order valence-electron chi connectivity index (χ0n) is 11.8. The molecular formula is C15H22N2O2. The summed E-state index contributed by atoms with van der Waals surface area (Å²) >= 11 is 0. The number of para-hydroxylation sites is 1. The second kappa shape index (κ2) is 5.95. The Labute approximate surface area is 114 Å². The standard InChI is InChI=1S/C15H22N2O2/c1-4-11(2)17(3)15(18)16-10-13-9-12-7-5-6-8-14(12)19-13/h5-8,11,13H,4,9-10H2,1-3H3,(H,16,18)/t11-,13+/m0/s1. The van der Waals surface area contributed by atoms with Crippen LogP contribution < -0.4 is 10.1 Å². The van der Waals surface area contributed by atoms with Gasteiger partial charge in [-0.25, -0.2) is 4.79 Å². The normalized spacial score (nSPS) is 18.4. The summed E-state index contributed by atoms with van der Waals surface area (Å²) in [4.78, 5) is 13.7. The fraction of sp³-hybridized carbons (Fsp3) is 0.533. The molecule has 2 rings (SSSR count). The molecule has 104 valence electrons. The lowest BCUT2D eigenvalue weighted by Crippen LogP contribution is -2.45. The number of benzene rings is 1. The summed E-state index contributed by atoms with van der Waals surface area (Å²) in [6.07, 6.45) is 1.87. The van der Waals surface area contributed by atoms with Crippen molar-refractivity contribution in [2.75, 3.05) is 13.6 Å². The van der Waals surface area contributed by atoms with Gasteiger partial charge in [0, 0.05) is 19.5 Å². The van der Waals surface area contributed by atoms with Gasteiger partial charge in [-0.3, -0.25) is 0 Å². The number of hydrogen-bond donors (Lipinski definition) is 1. The van der Waals surface area contributed by atoms with Crippen LogP contribution in [0.1, 0.15) is 25.8 Å². The number of urea groups is 1. The number of ether oxygens (including phenoxy) is 1. The number of rotatable bonds is 4. The fourth-order valence-electron chi connectivity index (χ4n) is 2.17. The molecule has 19 heavy (non-hydrogen) atoms. The van der Waals surface area contributed by atoms with Gasteiger partial charge in [0.1, 0.15) is 11.9 Å². The minimum atomic E-state index is -0.0334. The van der Waals surface area contributed by atoms with Gasteiger partial charge in [-0.15, -0.1) is 0 Å². The van der Waals surface area contributed by atoms with Crippen LogP contribution in [0.2, 0.25) is 0 Å². The minimum absolute atomic E-state index is 0.0334. The number of amides is 2. The van der Waals surface area contributed by atoms with E-state index in [1.807, 2.05) is 32.2 Å². The van der Waals surface area contributed by atoms with E-state index in [-0.39, 0.29) is 18.2 Å². The summed E-state index contributed by atoms with van der Waals surface area (Å²) in [7, 11) is 1.83. The van der Waals surface area contributed by atoms with Crippen molar-refractivity contribution in [1.29, 1.82) is 0 Å². The highest BCUT2D eigenvalue weighted by Gasteiger charge is 2.23. The SMILES string of the molecule is CC[C@H](C)N(C)C(=O)NC[C@H]1Cc2ccccc2O1. The summed E-state index contributed by atoms with van der Waals surface area (Å²) in [6.45, 7) is 4.67. The Hall–Kier alpha value is -1.71. The Balaban J connectivity index is 1.80. The molecule has 0 aliphatic carbocycles. The Bertz CT molecular complexity index is 423. The maximum atomic E-state index is 11.9. The van der Waals surface area contributed by atoms with Gasteiger partial charge < -0.3 is 15.0 Å². The first-order valence-electron chi connectivity index (χ1n) is 6.87. The molecule has 0 bridgehead atoms. The Morgan fingerprint density at radius 2 is 2.26 bits per heavy atom. The summed E-state index contributed by atoms with van der Waals surface area (Å²) in [5.41, 5.74) is 1.22. The van der Waals surface area contributed by atoms with Crippen LogP contribution in [0, 0.1) is 0 Å². The fourth-order valence-corrected chi connectivity index (χ4v) is 2.17. The molecule has 0 aromatic heterocycles. The van der Waals surface area contributed by atoms with E-state index in [1.54, 1.807) is 4.90 Å². The second-order valence-electron chi connectivity index (χ2n) is 5.11. The minimum Gasteiger partial charge on any atom is -0.488 e.